The molecule has 1 aromatic rings. The van der Waals surface area contributed by atoms with Gasteiger partial charge in [0.15, 0.2) is 0 Å². The number of fused-ring (bicyclic) bond motifs is 1. The van der Waals surface area contributed by atoms with E-state index in [1.54, 1.807) is 12.1 Å². The Kier molecular flexibility index (Phi) is 4.46. The number of carbonyl (C=O) groups excluding carboxylic acids is 1. The molecule has 25 heavy (non-hydrogen) atoms. The fraction of sp³-hybridized carbons (Fsp3) is 0.368. The second-order valence-electron chi connectivity index (χ2n) is 7.23. The van der Waals surface area contributed by atoms with Gasteiger partial charge in [-0.3, -0.25) is 9.59 Å². The summed E-state index contributed by atoms with van der Waals surface area (Å²) in [6, 6.07) is 7.38. The molecule has 0 radical (unpaired) electrons. The van der Waals surface area contributed by atoms with Gasteiger partial charge in [0.25, 0.3) is 0 Å². The summed E-state index contributed by atoms with van der Waals surface area (Å²) in [6.45, 7) is 3.57. The van der Waals surface area contributed by atoms with E-state index in [-0.39, 0.29) is 17.9 Å². The summed E-state index contributed by atoms with van der Waals surface area (Å²) in [5.41, 5.74) is 0.367. The number of carboxylic acids is 1. The second-order valence-corrected chi connectivity index (χ2v) is 8.09. The number of para-hydroxylation sites is 1. The largest absolute Gasteiger partial charge is 0.480 e. The lowest BCUT2D eigenvalue weighted by Gasteiger charge is -2.36. The first kappa shape index (κ1) is 18.0. The molecule has 2 aliphatic rings. The zero-order valence-electron chi connectivity index (χ0n) is 14.1. The molecule has 0 spiro atoms. The molecule has 1 aliphatic carbocycles. The third-order valence-corrected chi connectivity index (χ3v) is 5.80. The van der Waals surface area contributed by atoms with Gasteiger partial charge in [0, 0.05) is 10.7 Å². The molecule has 1 amide bonds. The maximum absolute atomic E-state index is 13.1. The summed E-state index contributed by atoms with van der Waals surface area (Å²) in [5, 5.41) is 10.3. The van der Waals surface area contributed by atoms with Crippen molar-refractivity contribution in [3.05, 3.63) is 52.0 Å². The van der Waals surface area contributed by atoms with Crippen LogP contribution in [0.15, 0.2) is 46.5 Å². The summed E-state index contributed by atoms with van der Waals surface area (Å²) in [7, 11) is 0. The van der Waals surface area contributed by atoms with Crippen LogP contribution >= 0.6 is 23.2 Å². The predicted molar refractivity (Wildman–Crippen MR) is 99.0 cm³/mol. The van der Waals surface area contributed by atoms with Crippen LogP contribution in [-0.2, 0) is 15.0 Å². The first-order valence-corrected chi connectivity index (χ1v) is 8.78. The Morgan fingerprint density at radius 1 is 1.28 bits per heavy atom. The van der Waals surface area contributed by atoms with Crippen molar-refractivity contribution in [2.75, 3.05) is 11.4 Å². The molecule has 1 heterocycles. The van der Waals surface area contributed by atoms with Crippen LogP contribution in [0.2, 0.25) is 0 Å². The zero-order chi connectivity index (χ0) is 18.4. The van der Waals surface area contributed by atoms with E-state index in [4.69, 9.17) is 23.2 Å². The average Bonchev–Trinajstić information content (AvgIpc) is 2.73. The van der Waals surface area contributed by atoms with Crippen molar-refractivity contribution in [2.24, 2.45) is 5.41 Å². The average molecular weight is 380 g/mol. The van der Waals surface area contributed by atoms with Crippen LogP contribution in [-0.4, -0.2) is 23.5 Å². The van der Waals surface area contributed by atoms with Crippen LogP contribution in [0, 0.1) is 5.41 Å². The Bertz CT molecular complexity index is 817. The molecule has 1 aromatic carbocycles. The Labute approximate surface area is 156 Å². The van der Waals surface area contributed by atoms with E-state index in [2.05, 4.69) is 0 Å². The summed E-state index contributed by atoms with van der Waals surface area (Å²) >= 11 is 12.3. The van der Waals surface area contributed by atoms with Crippen LogP contribution in [0.25, 0.3) is 0 Å². The highest BCUT2D eigenvalue weighted by Gasteiger charge is 2.50. The summed E-state index contributed by atoms with van der Waals surface area (Å²) < 4.78 is 0. The highest BCUT2D eigenvalue weighted by Crippen LogP contribution is 2.51. The SMILES string of the molecule is CC1(CC2(C)C(=O)N(CC(=O)O)c3ccccc32)C=CC(Cl)=C(Cl)C1. The quantitative estimate of drug-likeness (QED) is 0.841. The van der Waals surface area contributed by atoms with E-state index >= 15 is 0 Å². The van der Waals surface area contributed by atoms with Gasteiger partial charge in [-0.25, -0.2) is 0 Å². The molecule has 132 valence electrons. The Balaban J connectivity index is 1.99. The van der Waals surface area contributed by atoms with Crippen molar-refractivity contribution < 1.29 is 14.7 Å². The topological polar surface area (TPSA) is 57.6 Å². The van der Waals surface area contributed by atoms with E-state index in [1.165, 1.54) is 4.90 Å². The van der Waals surface area contributed by atoms with Crippen molar-refractivity contribution >= 4 is 40.8 Å². The molecule has 2 unspecified atom stereocenters. The van der Waals surface area contributed by atoms with Gasteiger partial charge in [0.1, 0.15) is 6.54 Å². The molecule has 0 aromatic heterocycles. The fourth-order valence-electron chi connectivity index (χ4n) is 3.95. The smallest absolute Gasteiger partial charge is 0.323 e. The normalized spacial score (nSPS) is 28.5. The maximum atomic E-state index is 13.1. The molecule has 0 fully saturated rings. The zero-order valence-corrected chi connectivity index (χ0v) is 15.6. The number of rotatable bonds is 4. The third-order valence-electron chi connectivity index (χ3n) is 5.01. The van der Waals surface area contributed by atoms with E-state index < -0.39 is 11.4 Å². The van der Waals surface area contributed by atoms with Crippen LogP contribution in [0.4, 0.5) is 5.69 Å². The van der Waals surface area contributed by atoms with Crippen LogP contribution in [0.5, 0.6) is 0 Å². The van der Waals surface area contributed by atoms with Crippen molar-refractivity contribution in [1.82, 2.24) is 0 Å². The highest BCUT2D eigenvalue weighted by molar-refractivity contribution is 6.40. The molecule has 0 saturated carbocycles. The van der Waals surface area contributed by atoms with Gasteiger partial charge in [0.2, 0.25) is 5.91 Å². The van der Waals surface area contributed by atoms with Gasteiger partial charge < -0.3 is 10.0 Å². The Morgan fingerprint density at radius 2 is 1.96 bits per heavy atom. The van der Waals surface area contributed by atoms with E-state index in [1.807, 2.05) is 38.1 Å². The molecule has 0 bridgehead atoms. The van der Waals surface area contributed by atoms with Crippen molar-refractivity contribution in [1.29, 1.82) is 0 Å². The van der Waals surface area contributed by atoms with Crippen LogP contribution in [0.1, 0.15) is 32.3 Å². The first-order chi connectivity index (χ1) is 11.7. The van der Waals surface area contributed by atoms with Crippen molar-refractivity contribution in [2.45, 2.75) is 32.1 Å². The first-order valence-electron chi connectivity index (χ1n) is 8.03. The number of carbonyl (C=O) groups is 2. The maximum Gasteiger partial charge on any atom is 0.323 e. The van der Waals surface area contributed by atoms with Gasteiger partial charge in [0.05, 0.1) is 10.4 Å². The van der Waals surface area contributed by atoms with Crippen LogP contribution < -0.4 is 4.90 Å². The highest BCUT2D eigenvalue weighted by atomic mass is 35.5. The van der Waals surface area contributed by atoms with Gasteiger partial charge >= 0.3 is 5.97 Å². The number of amides is 1. The number of hydrogen-bond acceptors (Lipinski definition) is 2. The summed E-state index contributed by atoms with van der Waals surface area (Å²) in [4.78, 5) is 25.7. The number of anilines is 1. The monoisotopic (exact) mass is 379 g/mol. The summed E-state index contributed by atoms with van der Waals surface area (Å²) in [6.07, 6.45) is 4.83. The minimum atomic E-state index is -1.03. The van der Waals surface area contributed by atoms with E-state index in [0.717, 1.165) is 5.56 Å². The van der Waals surface area contributed by atoms with Gasteiger partial charge in [-0.05, 0) is 42.9 Å². The minimum Gasteiger partial charge on any atom is -0.480 e. The molecular weight excluding hydrogens is 361 g/mol. The standard InChI is InChI=1S/C19H19Cl2NO3/c1-18(8-7-13(20)14(21)9-18)11-19(2)12-5-3-4-6-15(12)22(17(19)25)10-16(23)24/h3-8H,9-11H2,1-2H3,(H,23,24). The predicted octanol–water partition coefficient (Wildman–Crippen LogP) is 4.42. The van der Waals surface area contributed by atoms with Gasteiger partial charge in [-0.2, -0.15) is 0 Å². The Morgan fingerprint density at radius 3 is 2.60 bits per heavy atom. The van der Waals surface area contributed by atoms with Gasteiger partial charge in [-0.15, -0.1) is 0 Å². The lowest BCUT2D eigenvalue weighted by atomic mass is 9.67. The second kappa shape index (κ2) is 6.19. The molecule has 2 atom stereocenters. The molecule has 1 aliphatic heterocycles. The van der Waals surface area contributed by atoms with E-state index in [9.17, 15) is 14.7 Å². The van der Waals surface area contributed by atoms with Crippen molar-refractivity contribution in [3.8, 4) is 0 Å². The lowest BCUT2D eigenvalue weighted by molar-refractivity contribution is -0.137. The number of benzene rings is 1. The number of allylic oxidation sites excluding steroid dienone is 4. The number of aliphatic carboxylic acids is 1. The number of hydrogen-bond donors (Lipinski definition) is 1. The Hall–Kier alpha value is -1.78. The van der Waals surface area contributed by atoms with Crippen molar-refractivity contribution in [3.63, 3.8) is 0 Å². The van der Waals surface area contributed by atoms with Crippen LogP contribution in [0.3, 0.4) is 0 Å². The minimum absolute atomic E-state index is 0.192. The molecular formula is C19H19Cl2NO3. The lowest BCUT2D eigenvalue weighted by Crippen LogP contribution is -2.43. The third kappa shape index (κ3) is 3.09. The molecule has 0 saturated heterocycles. The van der Waals surface area contributed by atoms with E-state index in [0.29, 0.717) is 28.6 Å². The number of halogens is 2. The molecule has 3 rings (SSSR count). The molecule has 1 N–H and O–H groups in total. The molecule has 4 nitrogen and oxygen atoms in total. The number of carboxylic acid groups (broad SMARTS) is 1. The summed E-state index contributed by atoms with van der Waals surface area (Å²) in [5.74, 6) is -1.23. The fourth-order valence-corrected chi connectivity index (χ4v) is 4.45. The molecule has 6 heteroatoms. The van der Waals surface area contributed by atoms with Gasteiger partial charge in [-0.1, -0.05) is 54.4 Å². The number of nitrogens with zero attached hydrogens (tertiary/aromatic N) is 1.